The van der Waals surface area contributed by atoms with E-state index < -0.39 is 10.0 Å². The Morgan fingerprint density at radius 2 is 1.58 bits per heavy atom. The van der Waals surface area contributed by atoms with Crippen molar-refractivity contribution >= 4 is 38.9 Å². The number of benzene rings is 2. The number of anilines is 1. The van der Waals surface area contributed by atoms with Gasteiger partial charge >= 0.3 is 0 Å². The Bertz CT molecular complexity index is 853. The van der Waals surface area contributed by atoms with E-state index in [1.807, 2.05) is 4.90 Å². The fourth-order valence-corrected chi connectivity index (χ4v) is 4.48. The maximum atomic E-state index is 13.9. The van der Waals surface area contributed by atoms with Crippen LogP contribution in [0.4, 0.5) is 10.1 Å². The minimum absolute atomic E-state index is 0.108. The Morgan fingerprint density at radius 3 is 2.21 bits per heavy atom. The summed E-state index contributed by atoms with van der Waals surface area (Å²) in [5.41, 5.74) is 0.490. The topological polar surface area (TPSA) is 40.6 Å². The van der Waals surface area contributed by atoms with E-state index in [9.17, 15) is 12.8 Å². The molecule has 0 spiro atoms. The van der Waals surface area contributed by atoms with Crippen molar-refractivity contribution in [2.45, 2.75) is 4.90 Å². The quantitative estimate of drug-likeness (QED) is 0.805. The molecule has 0 unspecified atom stereocenters. The number of halogens is 3. The first kappa shape index (κ1) is 17.5. The number of piperazine rings is 1. The lowest BCUT2D eigenvalue weighted by atomic mass is 10.2. The summed E-state index contributed by atoms with van der Waals surface area (Å²) in [7, 11) is -3.65. The molecule has 2 aromatic rings. The summed E-state index contributed by atoms with van der Waals surface area (Å²) < 4.78 is 40.6. The lowest BCUT2D eigenvalue weighted by Gasteiger charge is -2.35. The third-order valence-electron chi connectivity index (χ3n) is 3.96. The van der Waals surface area contributed by atoms with Crippen LogP contribution in [0.15, 0.2) is 47.4 Å². The molecule has 0 saturated carbocycles. The van der Waals surface area contributed by atoms with E-state index in [1.165, 1.54) is 28.6 Å². The van der Waals surface area contributed by atoms with Gasteiger partial charge in [-0.05, 0) is 30.3 Å². The van der Waals surface area contributed by atoms with E-state index in [4.69, 9.17) is 23.2 Å². The van der Waals surface area contributed by atoms with Gasteiger partial charge in [-0.3, -0.25) is 0 Å². The minimum Gasteiger partial charge on any atom is -0.367 e. The predicted molar refractivity (Wildman–Crippen MR) is 93.8 cm³/mol. The van der Waals surface area contributed by atoms with Crippen LogP contribution in [0.25, 0.3) is 0 Å². The van der Waals surface area contributed by atoms with Gasteiger partial charge in [0.2, 0.25) is 10.0 Å². The maximum absolute atomic E-state index is 13.9. The third-order valence-corrected chi connectivity index (χ3v) is 6.59. The summed E-state index contributed by atoms with van der Waals surface area (Å²) in [4.78, 5) is 1.95. The lowest BCUT2D eigenvalue weighted by Crippen LogP contribution is -2.48. The molecule has 0 aliphatic carbocycles. The Kier molecular flexibility index (Phi) is 5.01. The molecule has 128 valence electrons. The van der Waals surface area contributed by atoms with Crippen LogP contribution in [-0.4, -0.2) is 38.9 Å². The Hall–Kier alpha value is -1.34. The zero-order valence-electron chi connectivity index (χ0n) is 12.6. The van der Waals surface area contributed by atoms with Gasteiger partial charge in [0.15, 0.2) is 0 Å². The second-order valence-electron chi connectivity index (χ2n) is 5.42. The zero-order chi connectivity index (χ0) is 17.3. The van der Waals surface area contributed by atoms with Crippen LogP contribution in [0.1, 0.15) is 0 Å². The number of para-hydroxylation sites is 1. The van der Waals surface area contributed by atoms with E-state index in [2.05, 4.69) is 0 Å². The van der Waals surface area contributed by atoms with Crippen molar-refractivity contribution in [3.8, 4) is 0 Å². The highest BCUT2D eigenvalue weighted by molar-refractivity contribution is 7.89. The molecule has 24 heavy (non-hydrogen) atoms. The average molecular weight is 389 g/mol. The van der Waals surface area contributed by atoms with Gasteiger partial charge in [0.1, 0.15) is 5.82 Å². The summed E-state index contributed by atoms with van der Waals surface area (Å²) in [5.74, 6) is -0.307. The summed E-state index contributed by atoms with van der Waals surface area (Å²) >= 11 is 11.8. The van der Waals surface area contributed by atoms with Crippen LogP contribution < -0.4 is 4.90 Å². The zero-order valence-corrected chi connectivity index (χ0v) is 15.0. The Labute approximate surface area is 150 Å². The first-order valence-electron chi connectivity index (χ1n) is 7.34. The van der Waals surface area contributed by atoms with Crippen molar-refractivity contribution in [2.75, 3.05) is 31.1 Å². The monoisotopic (exact) mass is 388 g/mol. The second kappa shape index (κ2) is 6.88. The van der Waals surface area contributed by atoms with Crippen LogP contribution in [-0.2, 0) is 10.0 Å². The number of sulfonamides is 1. The third kappa shape index (κ3) is 3.37. The number of nitrogens with zero attached hydrogens (tertiary/aromatic N) is 2. The van der Waals surface area contributed by atoms with Crippen LogP contribution >= 0.6 is 23.2 Å². The molecule has 0 bridgehead atoms. The molecule has 1 aliphatic rings. The Balaban J connectivity index is 1.76. The van der Waals surface area contributed by atoms with Gasteiger partial charge in [0, 0.05) is 26.2 Å². The average Bonchev–Trinajstić information content (AvgIpc) is 2.58. The molecule has 4 nitrogen and oxygen atoms in total. The first-order valence-corrected chi connectivity index (χ1v) is 9.54. The van der Waals surface area contributed by atoms with Gasteiger partial charge in [-0.1, -0.05) is 35.3 Å². The summed E-state index contributed by atoms with van der Waals surface area (Å²) in [6.07, 6.45) is 0. The smallest absolute Gasteiger partial charge is 0.243 e. The van der Waals surface area contributed by atoms with E-state index in [0.29, 0.717) is 23.8 Å². The first-order chi connectivity index (χ1) is 11.4. The normalized spacial score (nSPS) is 16.4. The fraction of sp³-hybridized carbons (Fsp3) is 0.250. The van der Waals surface area contributed by atoms with Crippen LogP contribution in [0.5, 0.6) is 0 Å². The standard InChI is InChI=1S/C16H15Cl2FN2O2S/c17-13-6-5-12(11-14(13)18)24(22,23)21-9-7-20(8-10-21)16-4-2-1-3-15(16)19/h1-6,11H,7-10H2. The summed E-state index contributed by atoms with van der Waals surface area (Å²) in [6, 6.07) is 10.7. The highest BCUT2D eigenvalue weighted by atomic mass is 35.5. The number of hydrogen-bond donors (Lipinski definition) is 0. The molecule has 2 aromatic carbocycles. The summed E-state index contributed by atoms with van der Waals surface area (Å²) in [5, 5.41) is 0.503. The summed E-state index contributed by atoms with van der Waals surface area (Å²) in [6.45, 7) is 1.39. The Morgan fingerprint density at radius 1 is 0.917 bits per heavy atom. The van der Waals surface area contributed by atoms with Gasteiger partial charge in [0.25, 0.3) is 0 Å². The van der Waals surface area contributed by atoms with Crippen molar-refractivity contribution in [2.24, 2.45) is 0 Å². The maximum Gasteiger partial charge on any atom is 0.243 e. The molecule has 3 rings (SSSR count). The molecular formula is C16H15Cl2FN2O2S. The highest BCUT2D eigenvalue weighted by Crippen LogP contribution is 2.28. The van der Waals surface area contributed by atoms with E-state index in [0.717, 1.165) is 0 Å². The second-order valence-corrected chi connectivity index (χ2v) is 8.17. The van der Waals surface area contributed by atoms with Crippen molar-refractivity contribution in [1.29, 1.82) is 0 Å². The molecular weight excluding hydrogens is 374 g/mol. The molecule has 1 heterocycles. The highest BCUT2D eigenvalue weighted by Gasteiger charge is 2.29. The van der Waals surface area contributed by atoms with E-state index in [1.54, 1.807) is 18.2 Å². The molecule has 0 amide bonds. The minimum atomic E-state index is -3.65. The molecule has 1 fully saturated rings. The molecule has 0 radical (unpaired) electrons. The van der Waals surface area contributed by atoms with Gasteiger partial charge < -0.3 is 4.90 Å². The molecule has 0 aromatic heterocycles. The van der Waals surface area contributed by atoms with E-state index >= 15 is 0 Å². The SMILES string of the molecule is O=S(=O)(c1ccc(Cl)c(Cl)c1)N1CCN(c2ccccc2F)CC1. The van der Waals surface area contributed by atoms with Crippen LogP contribution in [0.3, 0.4) is 0 Å². The number of hydrogen-bond acceptors (Lipinski definition) is 3. The number of rotatable bonds is 3. The largest absolute Gasteiger partial charge is 0.367 e. The van der Waals surface area contributed by atoms with Crippen LogP contribution in [0, 0.1) is 5.82 Å². The van der Waals surface area contributed by atoms with E-state index in [-0.39, 0.29) is 28.8 Å². The predicted octanol–water partition coefficient (Wildman–Crippen LogP) is 3.64. The van der Waals surface area contributed by atoms with Gasteiger partial charge in [-0.15, -0.1) is 0 Å². The van der Waals surface area contributed by atoms with Crippen LogP contribution in [0.2, 0.25) is 10.0 Å². The lowest BCUT2D eigenvalue weighted by molar-refractivity contribution is 0.383. The molecule has 1 saturated heterocycles. The van der Waals surface area contributed by atoms with Crippen molar-refractivity contribution in [3.05, 3.63) is 58.3 Å². The fourth-order valence-electron chi connectivity index (χ4n) is 2.66. The molecule has 1 aliphatic heterocycles. The molecule has 0 atom stereocenters. The van der Waals surface area contributed by atoms with Crippen molar-refractivity contribution < 1.29 is 12.8 Å². The van der Waals surface area contributed by atoms with Gasteiger partial charge in [-0.2, -0.15) is 4.31 Å². The van der Waals surface area contributed by atoms with Gasteiger partial charge in [-0.25, -0.2) is 12.8 Å². The van der Waals surface area contributed by atoms with Crippen molar-refractivity contribution in [3.63, 3.8) is 0 Å². The molecule has 8 heteroatoms. The van der Waals surface area contributed by atoms with Crippen molar-refractivity contribution in [1.82, 2.24) is 4.31 Å². The van der Waals surface area contributed by atoms with Gasteiger partial charge in [0.05, 0.1) is 20.6 Å². The molecule has 0 N–H and O–H groups in total.